The topological polar surface area (TPSA) is 73.5 Å². The molecule has 0 heterocycles. The summed E-state index contributed by atoms with van der Waals surface area (Å²) in [4.78, 5) is 26.5. The average Bonchev–Trinajstić information content (AvgIpc) is 2.78. The maximum absolute atomic E-state index is 12.9. The van der Waals surface area contributed by atoms with E-state index in [2.05, 4.69) is 16.0 Å². The van der Waals surface area contributed by atoms with Crippen molar-refractivity contribution in [3.05, 3.63) is 90.0 Å². The Bertz CT molecular complexity index is 1090. The van der Waals surface area contributed by atoms with E-state index in [1.54, 1.807) is 36.4 Å². The predicted molar refractivity (Wildman–Crippen MR) is 122 cm³/mol. The van der Waals surface area contributed by atoms with Crippen LogP contribution < -0.4 is 20.9 Å². The molecular formula is C24H23F3N4O2. The summed E-state index contributed by atoms with van der Waals surface area (Å²) in [5.41, 5.74) is 1.47. The number of anilines is 3. The molecule has 3 rings (SSSR count). The molecule has 0 atom stereocenters. The Morgan fingerprint density at radius 1 is 0.848 bits per heavy atom. The van der Waals surface area contributed by atoms with Crippen LogP contribution in [0.2, 0.25) is 0 Å². The fourth-order valence-corrected chi connectivity index (χ4v) is 3.01. The molecule has 0 aliphatic carbocycles. The Balaban J connectivity index is 1.61. The molecule has 172 valence electrons. The highest BCUT2D eigenvalue weighted by molar-refractivity contribution is 6.01. The Morgan fingerprint density at radius 3 is 2.21 bits per heavy atom. The van der Waals surface area contributed by atoms with Crippen LogP contribution in [0.4, 0.5) is 39.8 Å². The van der Waals surface area contributed by atoms with Crippen LogP contribution in [0.15, 0.2) is 78.9 Å². The highest BCUT2D eigenvalue weighted by atomic mass is 19.4. The lowest BCUT2D eigenvalue weighted by Gasteiger charge is -2.23. The van der Waals surface area contributed by atoms with Gasteiger partial charge in [-0.15, -0.1) is 0 Å². The Labute approximate surface area is 189 Å². The second-order valence-electron chi connectivity index (χ2n) is 7.24. The normalized spacial score (nSPS) is 10.9. The number of para-hydroxylation sites is 1. The van der Waals surface area contributed by atoms with Crippen LogP contribution in [0, 0.1) is 6.92 Å². The zero-order valence-electron chi connectivity index (χ0n) is 17.8. The number of aryl methyl sites for hydroxylation is 1. The van der Waals surface area contributed by atoms with E-state index in [9.17, 15) is 22.8 Å². The number of hydrogen-bond acceptors (Lipinski definition) is 2. The van der Waals surface area contributed by atoms with Gasteiger partial charge in [0.25, 0.3) is 0 Å². The molecule has 4 amide bonds. The number of alkyl halides is 3. The second kappa shape index (κ2) is 10.5. The van der Waals surface area contributed by atoms with Crippen LogP contribution in [0.5, 0.6) is 0 Å². The van der Waals surface area contributed by atoms with E-state index >= 15 is 0 Å². The zero-order valence-corrected chi connectivity index (χ0v) is 17.8. The Hall–Kier alpha value is -4.01. The number of benzene rings is 3. The first kappa shape index (κ1) is 23.6. The number of urea groups is 2. The van der Waals surface area contributed by atoms with Gasteiger partial charge in [0.1, 0.15) is 0 Å². The molecule has 0 fully saturated rings. The van der Waals surface area contributed by atoms with Crippen LogP contribution in [-0.2, 0) is 6.18 Å². The summed E-state index contributed by atoms with van der Waals surface area (Å²) in [5, 5.41) is 7.75. The second-order valence-corrected chi connectivity index (χ2v) is 7.24. The standard InChI is InChI=1S/C24H23F3N4O2/c1-17-10-12-19(13-11-17)30-23(33)31(21-8-3-2-4-9-21)15-14-28-22(32)29-20-7-5-6-18(16-20)24(25,26)27/h2-13,16H,14-15H2,1H3,(H,30,33)(H2,28,29,32). The molecule has 0 saturated carbocycles. The van der Waals surface area contributed by atoms with Crippen LogP contribution in [0.25, 0.3) is 0 Å². The summed E-state index contributed by atoms with van der Waals surface area (Å²) in [6.45, 7) is 2.15. The number of rotatable bonds is 6. The van der Waals surface area contributed by atoms with Gasteiger partial charge in [0.2, 0.25) is 0 Å². The van der Waals surface area contributed by atoms with Gasteiger partial charge in [0.15, 0.2) is 0 Å². The fourth-order valence-electron chi connectivity index (χ4n) is 3.01. The zero-order chi connectivity index (χ0) is 23.8. The molecule has 33 heavy (non-hydrogen) atoms. The van der Waals surface area contributed by atoms with Gasteiger partial charge in [-0.3, -0.25) is 4.90 Å². The first-order valence-electron chi connectivity index (χ1n) is 10.1. The summed E-state index contributed by atoms with van der Waals surface area (Å²) in [5.74, 6) is 0. The van der Waals surface area contributed by atoms with E-state index in [1.807, 2.05) is 25.1 Å². The summed E-state index contributed by atoms with van der Waals surface area (Å²) >= 11 is 0. The summed E-state index contributed by atoms with van der Waals surface area (Å²) < 4.78 is 38.5. The summed E-state index contributed by atoms with van der Waals surface area (Å²) in [6.07, 6.45) is -4.50. The summed E-state index contributed by atoms with van der Waals surface area (Å²) in [7, 11) is 0. The molecule has 0 aromatic heterocycles. The van der Waals surface area contributed by atoms with E-state index < -0.39 is 17.8 Å². The maximum atomic E-state index is 12.9. The summed E-state index contributed by atoms with van der Waals surface area (Å²) in [6, 6.07) is 19.5. The molecule has 9 heteroatoms. The van der Waals surface area contributed by atoms with Crippen molar-refractivity contribution in [2.45, 2.75) is 13.1 Å². The molecule has 6 nitrogen and oxygen atoms in total. The van der Waals surface area contributed by atoms with Crippen LogP contribution in [0.3, 0.4) is 0 Å². The minimum absolute atomic E-state index is 0.0133. The van der Waals surface area contributed by atoms with Crippen molar-refractivity contribution in [2.75, 3.05) is 28.6 Å². The molecule has 0 aliphatic rings. The van der Waals surface area contributed by atoms with Gasteiger partial charge < -0.3 is 16.0 Å². The molecule has 0 radical (unpaired) electrons. The number of hydrogen-bond donors (Lipinski definition) is 3. The van der Waals surface area contributed by atoms with E-state index in [1.165, 1.54) is 17.0 Å². The smallest absolute Gasteiger partial charge is 0.336 e. The van der Waals surface area contributed by atoms with Crippen molar-refractivity contribution < 1.29 is 22.8 Å². The van der Waals surface area contributed by atoms with Gasteiger partial charge in [-0.1, -0.05) is 42.0 Å². The van der Waals surface area contributed by atoms with Gasteiger partial charge in [0, 0.05) is 30.2 Å². The minimum Gasteiger partial charge on any atom is -0.336 e. The Kier molecular flexibility index (Phi) is 7.55. The van der Waals surface area contributed by atoms with Crippen molar-refractivity contribution in [3.63, 3.8) is 0 Å². The lowest BCUT2D eigenvalue weighted by molar-refractivity contribution is -0.137. The third-order valence-electron chi connectivity index (χ3n) is 4.68. The molecule has 3 aromatic carbocycles. The van der Waals surface area contributed by atoms with Crippen molar-refractivity contribution in [3.8, 4) is 0 Å². The Morgan fingerprint density at radius 2 is 1.55 bits per heavy atom. The van der Waals surface area contributed by atoms with Crippen molar-refractivity contribution in [1.82, 2.24) is 5.32 Å². The predicted octanol–water partition coefficient (Wildman–Crippen LogP) is 5.87. The maximum Gasteiger partial charge on any atom is 0.416 e. The van der Waals surface area contributed by atoms with Crippen molar-refractivity contribution in [1.29, 1.82) is 0 Å². The van der Waals surface area contributed by atoms with Gasteiger partial charge in [-0.2, -0.15) is 13.2 Å². The minimum atomic E-state index is -4.50. The molecule has 0 saturated heterocycles. The fraction of sp³-hybridized carbons (Fsp3) is 0.167. The monoisotopic (exact) mass is 456 g/mol. The first-order chi connectivity index (χ1) is 15.7. The van der Waals surface area contributed by atoms with Crippen LogP contribution in [0.1, 0.15) is 11.1 Å². The third-order valence-corrected chi connectivity index (χ3v) is 4.68. The van der Waals surface area contributed by atoms with Crippen molar-refractivity contribution in [2.24, 2.45) is 0 Å². The molecule has 3 N–H and O–H groups in total. The van der Waals surface area contributed by atoms with Crippen LogP contribution in [-0.4, -0.2) is 25.2 Å². The molecule has 0 unspecified atom stereocenters. The number of amides is 4. The number of halogens is 3. The largest absolute Gasteiger partial charge is 0.416 e. The highest BCUT2D eigenvalue weighted by Gasteiger charge is 2.30. The van der Waals surface area contributed by atoms with Gasteiger partial charge in [-0.25, -0.2) is 9.59 Å². The van der Waals surface area contributed by atoms with E-state index in [0.29, 0.717) is 11.4 Å². The highest BCUT2D eigenvalue weighted by Crippen LogP contribution is 2.30. The van der Waals surface area contributed by atoms with Gasteiger partial charge >= 0.3 is 18.2 Å². The van der Waals surface area contributed by atoms with E-state index in [-0.39, 0.29) is 24.8 Å². The molecule has 0 aliphatic heterocycles. The average molecular weight is 456 g/mol. The lowest BCUT2D eigenvalue weighted by atomic mass is 10.2. The van der Waals surface area contributed by atoms with Crippen molar-refractivity contribution >= 4 is 29.1 Å². The van der Waals surface area contributed by atoms with Gasteiger partial charge in [-0.05, 0) is 49.4 Å². The van der Waals surface area contributed by atoms with Crippen LogP contribution >= 0.6 is 0 Å². The molecular weight excluding hydrogens is 433 g/mol. The quantitative estimate of drug-likeness (QED) is 0.434. The number of carbonyl (C=O) groups excluding carboxylic acids is 2. The number of carbonyl (C=O) groups is 2. The SMILES string of the molecule is Cc1ccc(NC(=O)N(CCNC(=O)Nc2cccc(C(F)(F)F)c2)c2ccccc2)cc1. The number of nitrogens with one attached hydrogen (secondary N) is 3. The number of nitrogens with zero attached hydrogens (tertiary/aromatic N) is 1. The van der Waals surface area contributed by atoms with E-state index in [0.717, 1.165) is 17.7 Å². The molecule has 3 aromatic rings. The molecule has 0 spiro atoms. The lowest BCUT2D eigenvalue weighted by Crippen LogP contribution is -2.42. The first-order valence-corrected chi connectivity index (χ1v) is 10.1. The third kappa shape index (κ3) is 6.99. The molecule has 0 bridgehead atoms. The van der Waals surface area contributed by atoms with E-state index in [4.69, 9.17) is 0 Å². The van der Waals surface area contributed by atoms with Gasteiger partial charge in [0.05, 0.1) is 5.56 Å².